The summed E-state index contributed by atoms with van der Waals surface area (Å²) >= 11 is 0. The number of H-pyrrole nitrogens is 1. The van der Waals surface area contributed by atoms with Gasteiger partial charge >= 0.3 is 0 Å². The van der Waals surface area contributed by atoms with E-state index in [0.29, 0.717) is 17.5 Å². The van der Waals surface area contributed by atoms with Gasteiger partial charge in [-0.3, -0.25) is 9.59 Å². The fourth-order valence-electron chi connectivity index (χ4n) is 6.34. The van der Waals surface area contributed by atoms with Gasteiger partial charge in [0.25, 0.3) is 0 Å². The van der Waals surface area contributed by atoms with Crippen molar-refractivity contribution >= 4 is 17.5 Å². The first kappa shape index (κ1) is 19.6. The van der Waals surface area contributed by atoms with E-state index in [0.717, 1.165) is 29.7 Å². The summed E-state index contributed by atoms with van der Waals surface area (Å²) in [7, 11) is 0. The van der Waals surface area contributed by atoms with Gasteiger partial charge in [0.1, 0.15) is 0 Å². The predicted octanol–water partition coefficient (Wildman–Crippen LogP) is 5.46. The van der Waals surface area contributed by atoms with Gasteiger partial charge in [-0.25, -0.2) is 4.90 Å². The Balaban J connectivity index is 1.61. The third-order valence-electron chi connectivity index (χ3n) is 7.95. The Morgan fingerprint density at radius 1 is 1.00 bits per heavy atom. The number of rotatable bonds is 1. The molecule has 1 N–H and O–H groups in total. The molecule has 1 saturated carbocycles. The van der Waals surface area contributed by atoms with E-state index < -0.39 is 0 Å². The van der Waals surface area contributed by atoms with Crippen LogP contribution in [-0.2, 0) is 9.59 Å². The second kappa shape index (κ2) is 6.57. The molecule has 5 rings (SSSR count). The molecule has 2 aromatic rings. The van der Waals surface area contributed by atoms with Crippen molar-refractivity contribution in [2.75, 3.05) is 4.90 Å². The molecule has 2 fully saturated rings. The minimum absolute atomic E-state index is 0.00270. The molecule has 1 saturated heterocycles. The number of aryl methyl sites for hydroxylation is 2. The molecule has 0 spiro atoms. The van der Waals surface area contributed by atoms with Crippen molar-refractivity contribution in [3.63, 3.8) is 0 Å². The molecule has 2 aliphatic carbocycles. The van der Waals surface area contributed by atoms with E-state index in [-0.39, 0.29) is 35.0 Å². The van der Waals surface area contributed by atoms with Crippen molar-refractivity contribution in [3.8, 4) is 0 Å². The van der Waals surface area contributed by atoms with Crippen molar-refractivity contribution in [2.24, 2.45) is 23.2 Å². The van der Waals surface area contributed by atoms with Crippen molar-refractivity contribution < 1.29 is 9.59 Å². The van der Waals surface area contributed by atoms with Crippen LogP contribution in [0.25, 0.3) is 0 Å². The lowest BCUT2D eigenvalue weighted by Crippen LogP contribution is -2.41. The van der Waals surface area contributed by atoms with Crippen LogP contribution in [0.4, 0.5) is 5.69 Å². The third kappa shape index (κ3) is 2.79. The Morgan fingerprint density at radius 3 is 2.37 bits per heavy atom. The normalized spacial score (nSPS) is 30.8. The standard InChI is InChI=1S/C26H32N2O2/c1-14-6-9-17(10-7-14)28-24(29)21-19-13-16(26(3,4)5)8-11-18(19)23-20(12-15(2)27-23)22(21)25(28)30/h6-7,9-10,12,16,18-19,21-22,27H,8,11,13H2,1-5H3/t16?,18-,19-,21-,22+/m0/s1. The third-order valence-corrected chi connectivity index (χ3v) is 7.95. The molecule has 0 bridgehead atoms. The summed E-state index contributed by atoms with van der Waals surface area (Å²) in [5, 5.41) is 0. The topological polar surface area (TPSA) is 53.2 Å². The number of benzene rings is 1. The van der Waals surface area contributed by atoms with Crippen molar-refractivity contribution in [2.45, 2.75) is 65.7 Å². The summed E-state index contributed by atoms with van der Waals surface area (Å²) in [6.45, 7) is 11.0. The highest BCUT2D eigenvalue weighted by atomic mass is 16.2. The largest absolute Gasteiger partial charge is 0.362 e. The van der Waals surface area contributed by atoms with Crippen LogP contribution in [0.2, 0.25) is 0 Å². The number of hydrogen-bond acceptors (Lipinski definition) is 2. The van der Waals surface area contributed by atoms with Gasteiger partial charge in [-0.05, 0) is 74.1 Å². The van der Waals surface area contributed by atoms with Gasteiger partial charge in [0.05, 0.1) is 17.5 Å². The summed E-state index contributed by atoms with van der Waals surface area (Å²) in [6.07, 6.45) is 3.30. The van der Waals surface area contributed by atoms with E-state index in [1.54, 1.807) is 0 Å². The van der Waals surface area contributed by atoms with Crippen LogP contribution in [0.3, 0.4) is 0 Å². The second-order valence-corrected chi connectivity index (χ2v) is 10.8. The quantitative estimate of drug-likeness (QED) is 0.641. The Bertz CT molecular complexity index is 1010. The smallest absolute Gasteiger partial charge is 0.242 e. The Kier molecular flexibility index (Phi) is 4.29. The maximum Gasteiger partial charge on any atom is 0.242 e. The highest BCUT2D eigenvalue weighted by Crippen LogP contribution is 2.58. The summed E-state index contributed by atoms with van der Waals surface area (Å²) in [5.41, 5.74) is 5.43. The van der Waals surface area contributed by atoms with Crippen LogP contribution in [0.5, 0.6) is 0 Å². The Hall–Kier alpha value is -2.36. The van der Waals surface area contributed by atoms with E-state index in [1.807, 2.05) is 31.2 Å². The molecular weight excluding hydrogens is 372 g/mol. The number of fused-ring (bicyclic) bond motifs is 6. The predicted molar refractivity (Wildman–Crippen MR) is 118 cm³/mol. The van der Waals surface area contributed by atoms with Crippen LogP contribution in [-0.4, -0.2) is 16.8 Å². The first-order chi connectivity index (χ1) is 14.2. The van der Waals surface area contributed by atoms with Crippen LogP contribution in [0, 0.1) is 37.0 Å². The summed E-state index contributed by atoms with van der Waals surface area (Å²) in [5.74, 6) is 0.519. The molecule has 1 aliphatic heterocycles. The van der Waals surface area contributed by atoms with E-state index in [9.17, 15) is 9.59 Å². The van der Waals surface area contributed by atoms with Crippen LogP contribution in [0.15, 0.2) is 30.3 Å². The van der Waals surface area contributed by atoms with Crippen molar-refractivity contribution in [1.29, 1.82) is 0 Å². The van der Waals surface area contributed by atoms with Gasteiger partial charge in [0.2, 0.25) is 11.8 Å². The Labute approximate surface area is 179 Å². The molecule has 3 aliphatic rings. The zero-order valence-corrected chi connectivity index (χ0v) is 18.7. The summed E-state index contributed by atoms with van der Waals surface area (Å²) in [6, 6.07) is 9.87. The molecule has 4 heteroatoms. The number of anilines is 1. The highest BCUT2D eigenvalue weighted by Gasteiger charge is 2.59. The van der Waals surface area contributed by atoms with Gasteiger partial charge in [-0.2, -0.15) is 0 Å². The monoisotopic (exact) mass is 404 g/mol. The minimum atomic E-state index is -0.348. The van der Waals surface area contributed by atoms with Crippen molar-refractivity contribution in [1.82, 2.24) is 4.98 Å². The lowest BCUT2D eigenvalue weighted by Gasteiger charge is -2.46. The SMILES string of the molecule is Cc1ccc(N2C(=O)[C@H]3[C@H]4CC(C(C)(C)C)CC[C@@H]4c4[nH]c(C)cc4[C@H]3C2=O)cc1. The van der Waals surface area contributed by atoms with E-state index >= 15 is 0 Å². The van der Waals surface area contributed by atoms with Crippen LogP contribution in [0.1, 0.15) is 74.4 Å². The average molecular weight is 405 g/mol. The first-order valence-electron chi connectivity index (χ1n) is 11.3. The van der Waals surface area contributed by atoms with Crippen molar-refractivity contribution in [3.05, 3.63) is 52.8 Å². The molecule has 0 radical (unpaired) electrons. The van der Waals surface area contributed by atoms with E-state index in [2.05, 4.69) is 38.7 Å². The molecule has 1 unspecified atom stereocenters. The molecule has 5 atom stereocenters. The number of amides is 2. The van der Waals surface area contributed by atoms with Crippen LogP contribution >= 0.6 is 0 Å². The zero-order valence-electron chi connectivity index (χ0n) is 18.7. The molecule has 2 amide bonds. The van der Waals surface area contributed by atoms with Gasteiger partial charge < -0.3 is 4.98 Å². The van der Waals surface area contributed by atoms with Gasteiger partial charge in [0, 0.05) is 17.3 Å². The van der Waals surface area contributed by atoms with E-state index in [4.69, 9.17) is 0 Å². The van der Waals surface area contributed by atoms with E-state index in [1.165, 1.54) is 17.0 Å². The first-order valence-corrected chi connectivity index (χ1v) is 11.3. The molecule has 1 aromatic carbocycles. The number of aromatic amines is 1. The average Bonchev–Trinajstić information content (AvgIpc) is 3.19. The number of nitrogens with zero attached hydrogens (tertiary/aromatic N) is 1. The molecule has 1 aromatic heterocycles. The van der Waals surface area contributed by atoms with Gasteiger partial charge in [-0.15, -0.1) is 0 Å². The summed E-state index contributed by atoms with van der Waals surface area (Å²) < 4.78 is 0. The number of carbonyl (C=O) groups is 2. The van der Waals surface area contributed by atoms with Crippen LogP contribution < -0.4 is 4.90 Å². The number of hydrogen-bond donors (Lipinski definition) is 1. The molecule has 2 heterocycles. The maximum absolute atomic E-state index is 13.8. The number of imide groups is 1. The fourth-order valence-corrected chi connectivity index (χ4v) is 6.34. The lowest BCUT2D eigenvalue weighted by atomic mass is 9.57. The number of nitrogens with one attached hydrogen (secondary N) is 1. The molecule has 4 nitrogen and oxygen atoms in total. The lowest BCUT2D eigenvalue weighted by molar-refractivity contribution is -0.123. The molecular formula is C26H32N2O2. The molecule has 30 heavy (non-hydrogen) atoms. The van der Waals surface area contributed by atoms with Gasteiger partial charge in [-0.1, -0.05) is 38.5 Å². The minimum Gasteiger partial charge on any atom is -0.362 e. The van der Waals surface area contributed by atoms with Gasteiger partial charge in [0.15, 0.2) is 0 Å². The highest BCUT2D eigenvalue weighted by molar-refractivity contribution is 6.24. The summed E-state index contributed by atoms with van der Waals surface area (Å²) in [4.78, 5) is 32.5. The number of aromatic nitrogens is 1. The molecule has 158 valence electrons. The number of carbonyl (C=O) groups excluding carboxylic acids is 2. The maximum atomic E-state index is 13.8. The second-order valence-electron chi connectivity index (χ2n) is 10.8. The zero-order chi connectivity index (χ0) is 21.4. The Morgan fingerprint density at radius 2 is 1.70 bits per heavy atom. The fraction of sp³-hybridized carbons (Fsp3) is 0.538.